The van der Waals surface area contributed by atoms with Crippen LogP contribution < -0.4 is 0 Å². The third-order valence-corrected chi connectivity index (χ3v) is 41.1. The number of hydrogen-bond donors (Lipinski definition) is 0. The summed E-state index contributed by atoms with van der Waals surface area (Å²) in [7, 11) is 0. The van der Waals surface area contributed by atoms with E-state index in [0.717, 1.165) is 248 Å². The molecule has 12 rings (SSSR count). The summed E-state index contributed by atoms with van der Waals surface area (Å²) in [5.41, 5.74) is 2.85. The van der Waals surface area contributed by atoms with Gasteiger partial charge in [-0.15, -0.1) is 0 Å². The summed E-state index contributed by atoms with van der Waals surface area (Å²) < 4.78 is 0. The fourth-order valence-corrected chi connectivity index (χ4v) is 28.8. The quantitative estimate of drug-likeness (QED) is 0.0904. The number of rotatable bonds is 24. The van der Waals surface area contributed by atoms with E-state index in [1.54, 1.807) is 0 Å². The molecule has 774 valence electrons. The van der Waals surface area contributed by atoms with E-state index in [-0.39, 0.29) is 0 Å². The van der Waals surface area contributed by atoms with Gasteiger partial charge in [0.05, 0.1) is 0 Å². The Kier molecular flexibility index (Phi) is 62.0. The molecule has 129 heavy (non-hydrogen) atoms. The molecule has 12 saturated carbocycles. The van der Waals surface area contributed by atoms with Gasteiger partial charge in [0.1, 0.15) is 0 Å². The lowest BCUT2D eigenvalue weighted by atomic mass is 9.56. The van der Waals surface area contributed by atoms with Gasteiger partial charge in [-0.25, -0.2) is 0 Å². The minimum atomic E-state index is 0.679. The zero-order valence-electron chi connectivity index (χ0n) is 99.3. The Bertz CT molecular complexity index is 2470. The van der Waals surface area contributed by atoms with Gasteiger partial charge in [-0.2, -0.15) is 0 Å². The van der Waals surface area contributed by atoms with Crippen molar-refractivity contribution in [3.63, 3.8) is 0 Å². The summed E-state index contributed by atoms with van der Waals surface area (Å²) >= 11 is 0. The fourth-order valence-electron chi connectivity index (χ4n) is 28.8. The molecular formula is C129H258. The molecule has 0 N–H and O–H groups in total. The molecule has 0 aliphatic heterocycles. The van der Waals surface area contributed by atoms with Crippen molar-refractivity contribution in [3.8, 4) is 0 Å². The third-order valence-electron chi connectivity index (χ3n) is 41.1. The second-order valence-electron chi connectivity index (χ2n) is 56.2. The first-order chi connectivity index (χ1) is 59.8. The highest BCUT2D eigenvalue weighted by Crippen LogP contribution is 2.58. The van der Waals surface area contributed by atoms with E-state index >= 15 is 0 Å². The van der Waals surface area contributed by atoms with Crippen molar-refractivity contribution >= 4 is 0 Å². The molecule has 0 bridgehead atoms. The molecule has 12 aliphatic carbocycles. The Labute approximate surface area is 822 Å². The van der Waals surface area contributed by atoms with Gasteiger partial charge in [-0.05, 0) is 419 Å². The Morgan fingerprint density at radius 1 is 0.116 bits per heavy atom. The topological polar surface area (TPSA) is 0 Å². The molecule has 0 heteroatoms. The molecule has 0 aromatic carbocycles. The Morgan fingerprint density at radius 2 is 0.287 bits per heavy atom. The zero-order chi connectivity index (χ0) is 99.3. The van der Waals surface area contributed by atoms with E-state index in [2.05, 4.69) is 332 Å². The van der Waals surface area contributed by atoms with Crippen LogP contribution in [0.3, 0.4) is 0 Å². The van der Waals surface area contributed by atoms with Gasteiger partial charge in [0.15, 0.2) is 0 Å². The predicted octanol–water partition coefficient (Wildman–Crippen LogP) is 44.0. The van der Waals surface area contributed by atoms with Crippen molar-refractivity contribution in [2.75, 3.05) is 0 Å². The monoisotopic (exact) mass is 1810 g/mol. The molecule has 0 nitrogen and oxygen atoms in total. The lowest BCUT2D eigenvalue weighted by Gasteiger charge is -2.49. The largest absolute Gasteiger partial charge is 0.0625 e. The van der Waals surface area contributed by atoms with Crippen molar-refractivity contribution in [2.45, 2.75) is 570 Å². The van der Waals surface area contributed by atoms with E-state index in [1.807, 2.05) is 0 Å². The minimum Gasteiger partial charge on any atom is -0.0625 e. The van der Waals surface area contributed by atoms with Crippen LogP contribution in [0.25, 0.3) is 0 Å². The fraction of sp³-hybridized carbons (Fsp3) is 1.00. The maximum absolute atomic E-state index is 2.41. The van der Waals surface area contributed by atoms with Gasteiger partial charge in [-0.3, -0.25) is 0 Å². The van der Waals surface area contributed by atoms with Crippen LogP contribution in [0.15, 0.2) is 0 Å². The van der Waals surface area contributed by atoms with Crippen LogP contribution in [-0.2, 0) is 0 Å². The van der Waals surface area contributed by atoms with Crippen molar-refractivity contribution in [1.29, 1.82) is 0 Å². The number of hydrogen-bond acceptors (Lipinski definition) is 0. The smallest absolute Gasteiger partial charge is 0.0251 e. The molecule has 0 saturated heterocycles. The molecule has 0 heterocycles. The molecule has 12 aliphatic rings. The van der Waals surface area contributed by atoms with Gasteiger partial charge in [0, 0.05) is 0 Å². The molecule has 12 fully saturated rings. The average Bonchev–Trinajstić information content (AvgIpc) is 1.64. The van der Waals surface area contributed by atoms with E-state index in [0.29, 0.717) is 10.8 Å². The Morgan fingerprint density at radius 3 is 0.442 bits per heavy atom. The van der Waals surface area contributed by atoms with E-state index in [9.17, 15) is 0 Å². The summed E-state index contributed by atoms with van der Waals surface area (Å²) in [5.74, 6) is 38.3. The third kappa shape index (κ3) is 43.2. The van der Waals surface area contributed by atoms with Crippen LogP contribution in [0.4, 0.5) is 0 Å². The summed E-state index contributed by atoms with van der Waals surface area (Å²) in [6, 6.07) is 0. The minimum absolute atomic E-state index is 0.679. The van der Waals surface area contributed by atoms with Crippen LogP contribution in [-0.4, -0.2) is 0 Å². The first kappa shape index (κ1) is 127. The van der Waals surface area contributed by atoms with Crippen LogP contribution in [0.5, 0.6) is 0 Å². The zero-order valence-corrected chi connectivity index (χ0v) is 99.3. The maximum atomic E-state index is 2.41. The standard InChI is InChI=1S/4C12H24.3C11H22.3C10H20.2C9H18/c1-9(2)11-5-7-12(8-6-11)10(3)4;1-9(2)11-6-5-7-12(8-11)10(3)4;1-10(2)12(11(3)4)8-6-5-7-9-12;1-9(2)11-7-5-6-8-12(11)10(3)4;1-8(2)10-5-6-11(7-10)9(3)4;1-9(2)11(10(3)4)7-5-6-8-11;1-8(2)10-6-5-7-11(10)9(3)4;1-7(2)9-5-10(6-9)8(3)4;1-8(2)10(9(3)4)6-5-7-10;1-7(2)9-5-6-10(9)8(3)4;1-7(2)9(5-6-9)8(3)4;1-6(2)8-5-9(8)7(3)4/h2*9-12H,5-8H2,1-4H3;10-11H,5-9H2,1-4H3;9-12H,5-8H2,1-4H3;8-11H,5-7H2,1-4H3;9-10H,5-8H2,1-4H3;8-11H,5-7H2,1-4H3;7-10H,5-6H2,1-4H3;8-9H,5-7H2,1-4H3;7-10H,5-6H2,1-4H3;7-8H,5-6H2,1-4H3;6-9H,5H2,1-4H3. The normalized spacial score (nSPS) is 29.4. The molecule has 0 spiro atoms. The molecule has 12 atom stereocenters. The van der Waals surface area contributed by atoms with Gasteiger partial charge >= 0.3 is 0 Å². The van der Waals surface area contributed by atoms with Crippen molar-refractivity contribution in [3.05, 3.63) is 0 Å². The van der Waals surface area contributed by atoms with Gasteiger partial charge in [0.25, 0.3) is 0 Å². The lowest BCUT2D eigenvalue weighted by Crippen LogP contribution is -2.39. The predicted molar refractivity (Wildman–Crippen MR) is 593 cm³/mol. The van der Waals surface area contributed by atoms with E-state index in [4.69, 9.17) is 0 Å². The summed E-state index contributed by atoms with van der Waals surface area (Å²) in [6.07, 6.45) is 54.8. The summed E-state index contributed by atoms with van der Waals surface area (Å²) in [4.78, 5) is 0. The highest BCUT2D eigenvalue weighted by molar-refractivity contribution is 4.98. The van der Waals surface area contributed by atoms with E-state index in [1.165, 1.54) is 238 Å². The SMILES string of the molecule is CC(C)C1(C(C)C)CC1.CC(C)C1(C(C)C)CCC1.CC(C)C1(C(C)C)CCCC1.CC(C)C1(C(C)C)CCCCC1.CC(C)C1CC(C(C)C)C1.CC(C)C1CC1C(C)C.CC(C)C1CCC(C(C)C)C1.CC(C)C1CCC(C(C)C)CC1.CC(C)C1CCC1C(C)C.CC(C)C1CCCC(C(C)C)C1.CC(C)C1CCCC1C(C)C.CC(C)C1CCCCC1C(C)C. The first-order valence-corrected chi connectivity index (χ1v) is 59.8. The van der Waals surface area contributed by atoms with Crippen LogP contribution in [0, 0.1) is 258 Å². The second kappa shape index (κ2) is 63.0. The second-order valence-corrected chi connectivity index (χ2v) is 56.2. The van der Waals surface area contributed by atoms with Crippen molar-refractivity contribution < 1.29 is 0 Å². The van der Waals surface area contributed by atoms with Gasteiger partial charge < -0.3 is 0 Å². The van der Waals surface area contributed by atoms with Gasteiger partial charge in [0.2, 0.25) is 0 Å². The van der Waals surface area contributed by atoms with Crippen LogP contribution >= 0.6 is 0 Å². The first-order valence-electron chi connectivity index (χ1n) is 59.8. The average molecular weight is 1810 g/mol. The highest BCUT2D eigenvalue weighted by Gasteiger charge is 2.48. The highest BCUT2D eigenvalue weighted by atomic mass is 14.5. The summed E-state index contributed by atoms with van der Waals surface area (Å²) in [5, 5.41) is 0. The Balaban J connectivity index is 0.000000704. The molecule has 0 radical (unpaired) electrons. The molecule has 0 aromatic heterocycles. The van der Waals surface area contributed by atoms with Crippen molar-refractivity contribution in [2.24, 2.45) is 258 Å². The molecule has 12 unspecified atom stereocenters. The van der Waals surface area contributed by atoms with E-state index < -0.39 is 0 Å². The maximum Gasteiger partial charge on any atom is -0.0251 e. The molecule has 0 aromatic rings. The van der Waals surface area contributed by atoms with Crippen molar-refractivity contribution in [1.82, 2.24) is 0 Å². The molecular weight excluding hydrogens is 1550 g/mol. The van der Waals surface area contributed by atoms with Gasteiger partial charge in [-0.1, -0.05) is 409 Å². The summed E-state index contributed by atoms with van der Waals surface area (Å²) in [6.45, 7) is 114. The lowest BCUT2D eigenvalue weighted by molar-refractivity contribution is 0.0135. The Hall–Kier alpha value is 0. The molecule has 0 amide bonds. The van der Waals surface area contributed by atoms with Crippen LogP contribution in [0.1, 0.15) is 570 Å². The van der Waals surface area contributed by atoms with Crippen LogP contribution in [0.2, 0.25) is 0 Å².